The van der Waals surface area contributed by atoms with Crippen molar-refractivity contribution in [2.75, 3.05) is 66.3 Å². The molecule has 0 aromatic heterocycles. The topological polar surface area (TPSA) is 51.8 Å². The van der Waals surface area contributed by atoms with Crippen molar-refractivity contribution in [3.05, 3.63) is 0 Å². The molecule has 0 amide bonds. The third kappa shape index (κ3) is 13.8. The molecule has 0 aliphatic carbocycles. The summed E-state index contributed by atoms with van der Waals surface area (Å²) in [6.45, 7) is 9.33. The Kier molecular flexibility index (Phi) is 14.6. The van der Waals surface area contributed by atoms with Crippen molar-refractivity contribution in [2.45, 2.75) is 6.92 Å². The molecule has 5 heteroatoms. The van der Waals surface area contributed by atoms with Crippen LogP contribution in [-0.2, 0) is 14.2 Å². The van der Waals surface area contributed by atoms with Crippen molar-refractivity contribution >= 4 is 0 Å². The number of hydrogen-bond acceptors (Lipinski definition) is 5. The van der Waals surface area contributed by atoms with Crippen molar-refractivity contribution in [1.29, 1.82) is 0 Å². The highest BCUT2D eigenvalue weighted by atomic mass is 16.5. The van der Waals surface area contributed by atoms with Crippen molar-refractivity contribution in [2.24, 2.45) is 0 Å². The first-order valence-electron chi connectivity index (χ1n) is 5.97. The second-order valence-corrected chi connectivity index (χ2v) is 3.32. The smallest absolute Gasteiger partial charge is 0.0700 e. The normalized spacial score (nSPS) is 10.9. The minimum Gasteiger partial charge on any atom is -0.382 e. The first kappa shape index (κ1) is 15.8. The Bertz CT molecular complexity index is 112. The Balaban J connectivity index is 2.83. The van der Waals surface area contributed by atoms with E-state index >= 15 is 0 Å². The van der Waals surface area contributed by atoms with Crippen molar-refractivity contribution in [1.82, 2.24) is 10.6 Å². The van der Waals surface area contributed by atoms with Crippen LogP contribution < -0.4 is 10.6 Å². The molecule has 0 saturated heterocycles. The lowest BCUT2D eigenvalue weighted by atomic mass is 10.6. The van der Waals surface area contributed by atoms with Gasteiger partial charge in [0.05, 0.1) is 33.0 Å². The third-order valence-electron chi connectivity index (χ3n) is 1.95. The van der Waals surface area contributed by atoms with E-state index in [1.54, 1.807) is 7.11 Å². The van der Waals surface area contributed by atoms with Gasteiger partial charge >= 0.3 is 0 Å². The van der Waals surface area contributed by atoms with Gasteiger partial charge in [-0.05, 0) is 6.54 Å². The molecule has 0 radical (unpaired) electrons. The molecule has 0 aromatic carbocycles. The zero-order valence-electron chi connectivity index (χ0n) is 10.6. The number of hydrogen-bond donors (Lipinski definition) is 2. The molecular formula is C11H26N2O3. The molecule has 0 fully saturated rings. The Labute approximate surface area is 98.8 Å². The fraction of sp³-hybridized carbons (Fsp3) is 1.00. The van der Waals surface area contributed by atoms with Gasteiger partial charge in [-0.2, -0.15) is 0 Å². The molecule has 0 saturated carbocycles. The summed E-state index contributed by atoms with van der Waals surface area (Å²) >= 11 is 0. The maximum absolute atomic E-state index is 5.40. The number of rotatable bonds is 13. The lowest BCUT2D eigenvalue weighted by Gasteiger charge is -2.07. The van der Waals surface area contributed by atoms with Crippen molar-refractivity contribution < 1.29 is 14.2 Å². The third-order valence-corrected chi connectivity index (χ3v) is 1.95. The first-order chi connectivity index (χ1) is 7.91. The molecule has 0 aliphatic rings. The Hall–Kier alpha value is -0.200. The fourth-order valence-corrected chi connectivity index (χ4v) is 1.08. The molecule has 0 aromatic rings. The van der Waals surface area contributed by atoms with Gasteiger partial charge in [-0.25, -0.2) is 0 Å². The molecule has 0 bridgehead atoms. The van der Waals surface area contributed by atoms with Crippen LogP contribution in [0.5, 0.6) is 0 Å². The molecule has 2 N–H and O–H groups in total. The van der Waals surface area contributed by atoms with Gasteiger partial charge in [-0.15, -0.1) is 0 Å². The molecule has 0 heterocycles. The Morgan fingerprint density at radius 1 is 0.750 bits per heavy atom. The van der Waals surface area contributed by atoms with E-state index in [9.17, 15) is 0 Å². The summed E-state index contributed by atoms with van der Waals surface area (Å²) < 4.78 is 15.6. The number of methoxy groups -OCH3 is 1. The summed E-state index contributed by atoms with van der Waals surface area (Å²) in [7, 11) is 1.67. The van der Waals surface area contributed by atoms with E-state index in [-0.39, 0.29) is 0 Å². The van der Waals surface area contributed by atoms with E-state index in [1.165, 1.54) is 0 Å². The van der Waals surface area contributed by atoms with Gasteiger partial charge in [0.25, 0.3) is 0 Å². The van der Waals surface area contributed by atoms with E-state index in [0.29, 0.717) is 13.2 Å². The van der Waals surface area contributed by atoms with Crippen LogP contribution in [0.25, 0.3) is 0 Å². The molecule has 0 atom stereocenters. The summed E-state index contributed by atoms with van der Waals surface area (Å²) in [5.41, 5.74) is 0. The van der Waals surface area contributed by atoms with Crippen LogP contribution >= 0.6 is 0 Å². The number of likely N-dealkylation sites (N-methyl/N-ethyl adjacent to an activating group) is 1. The van der Waals surface area contributed by atoms with Crippen LogP contribution in [0.15, 0.2) is 0 Å². The molecule has 98 valence electrons. The SMILES string of the molecule is CCNCCOCCNCCOCCOC. The van der Waals surface area contributed by atoms with Gasteiger partial charge in [0, 0.05) is 26.7 Å². The fourth-order valence-electron chi connectivity index (χ4n) is 1.08. The van der Waals surface area contributed by atoms with Gasteiger partial charge in [-0.1, -0.05) is 6.92 Å². The molecule has 16 heavy (non-hydrogen) atoms. The maximum Gasteiger partial charge on any atom is 0.0700 e. The zero-order chi connectivity index (χ0) is 11.9. The lowest BCUT2D eigenvalue weighted by molar-refractivity contribution is 0.0706. The van der Waals surface area contributed by atoms with Crippen LogP contribution in [0.2, 0.25) is 0 Å². The van der Waals surface area contributed by atoms with Crippen molar-refractivity contribution in [3.63, 3.8) is 0 Å². The van der Waals surface area contributed by atoms with Crippen LogP contribution in [-0.4, -0.2) is 66.3 Å². The standard InChI is InChI=1S/C11H26N2O3/c1-3-12-4-7-15-8-5-13-6-9-16-11-10-14-2/h12-13H,3-11H2,1-2H3. The van der Waals surface area contributed by atoms with Gasteiger partial charge < -0.3 is 24.8 Å². The molecule has 0 spiro atoms. The van der Waals surface area contributed by atoms with E-state index in [4.69, 9.17) is 14.2 Å². The molecular weight excluding hydrogens is 208 g/mol. The van der Waals surface area contributed by atoms with Gasteiger partial charge in [0.15, 0.2) is 0 Å². The second kappa shape index (κ2) is 14.8. The number of nitrogens with one attached hydrogen (secondary N) is 2. The van der Waals surface area contributed by atoms with Crippen LogP contribution in [0.4, 0.5) is 0 Å². The quantitative estimate of drug-likeness (QED) is 0.435. The van der Waals surface area contributed by atoms with Gasteiger partial charge in [0.2, 0.25) is 0 Å². The Morgan fingerprint density at radius 2 is 1.31 bits per heavy atom. The highest BCUT2D eigenvalue weighted by Crippen LogP contribution is 1.76. The van der Waals surface area contributed by atoms with E-state index in [2.05, 4.69) is 17.6 Å². The van der Waals surface area contributed by atoms with Crippen LogP contribution in [0, 0.1) is 0 Å². The number of ether oxygens (including phenoxy) is 3. The average Bonchev–Trinajstić information content (AvgIpc) is 2.31. The maximum atomic E-state index is 5.40. The molecule has 5 nitrogen and oxygen atoms in total. The van der Waals surface area contributed by atoms with E-state index in [0.717, 1.165) is 46.0 Å². The van der Waals surface area contributed by atoms with Crippen LogP contribution in [0.1, 0.15) is 6.92 Å². The first-order valence-corrected chi connectivity index (χ1v) is 5.97. The zero-order valence-corrected chi connectivity index (χ0v) is 10.6. The summed E-state index contributed by atoms with van der Waals surface area (Å²) in [4.78, 5) is 0. The second-order valence-electron chi connectivity index (χ2n) is 3.32. The van der Waals surface area contributed by atoms with Crippen molar-refractivity contribution in [3.8, 4) is 0 Å². The Morgan fingerprint density at radius 3 is 1.88 bits per heavy atom. The molecule has 0 unspecified atom stereocenters. The predicted octanol–water partition coefficient (Wildman–Crippen LogP) is -0.135. The summed E-state index contributed by atoms with van der Waals surface area (Å²) in [5.74, 6) is 0. The largest absolute Gasteiger partial charge is 0.382 e. The van der Waals surface area contributed by atoms with E-state index < -0.39 is 0 Å². The highest BCUT2D eigenvalue weighted by molar-refractivity contribution is 4.46. The van der Waals surface area contributed by atoms with Gasteiger partial charge in [0.1, 0.15) is 0 Å². The van der Waals surface area contributed by atoms with Crippen LogP contribution in [0.3, 0.4) is 0 Å². The minimum absolute atomic E-state index is 0.660. The summed E-state index contributed by atoms with van der Waals surface area (Å²) in [5, 5.41) is 6.44. The lowest BCUT2D eigenvalue weighted by Crippen LogP contribution is -2.26. The van der Waals surface area contributed by atoms with Gasteiger partial charge in [-0.3, -0.25) is 0 Å². The highest BCUT2D eigenvalue weighted by Gasteiger charge is 1.90. The predicted molar refractivity (Wildman–Crippen MR) is 64.9 cm³/mol. The summed E-state index contributed by atoms with van der Waals surface area (Å²) in [6.07, 6.45) is 0. The summed E-state index contributed by atoms with van der Waals surface area (Å²) in [6, 6.07) is 0. The van der Waals surface area contributed by atoms with E-state index in [1.807, 2.05) is 0 Å². The average molecular weight is 234 g/mol. The molecule has 0 rings (SSSR count). The monoisotopic (exact) mass is 234 g/mol. The molecule has 0 aliphatic heterocycles. The minimum atomic E-state index is 0.660.